The Morgan fingerprint density at radius 3 is 2.42 bits per heavy atom. The van der Waals surface area contributed by atoms with Gasteiger partial charge in [0.15, 0.2) is 5.78 Å². The molecule has 0 bridgehead atoms. The molecule has 6 nitrogen and oxygen atoms in total. The maximum atomic E-state index is 13.5. The summed E-state index contributed by atoms with van der Waals surface area (Å²) in [5.41, 5.74) is -1.27. The van der Waals surface area contributed by atoms with E-state index in [-0.39, 0.29) is 12.8 Å². The van der Waals surface area contributed by atoms with Crippen LogP contribution in [0.15, 0.2) is 18.2 Å². The van der Waals surface area contributed by atoms with Gasteiger partial charge in [-0.05, 0) is 45.4 Å². The normalized spacial score (nSPS) is 12.4. The van der Waals surface area contributed by atoms with Crippen molar-refractivity contribution in [2.24, 2.45) is 0 Å². The summed E-state index contributed by atoms with van der Waals surface area (Å²) < 4.78 is 31.5. The number of carboxylic acids is 1. The third-order valence-corrected chi connectivity index (χ3v) is 2.88. The Kier molecular flexibility index (Phi) is 6.39. The lowest BCUT2D eigenvalue weighted by atomic mass is 10.0. The van der Waals surface area contributed by atoms with Crippen molar-refractivity contribution in [1.29, 1.82) is 0 Å². The van der Waals surface area contributed by atoms with Crippen LogP contribution >= 0.6 is 0 Å². The van der Waals surface area contributed by atoms with E-state index in [1.54, 1.807) is 20.8 Å². The molecule has 0 unspecified atom stereocenters. The fourth-order valence-electron chi connectivity index (χ4n) is 1.83. The molecule has 0 heterocycles. The van der Waals surface area contributed by atoms with E-state index in [1.807, 2.05) is 0 Å². The summed E-state index contributed by atoms with van der Waals surface area (Å²) in [6, 6.07) is 1.04. The molecule has 0 saturated carbocycles. The Balaban J connectivity index is 2.70. The highest BCUT2D eigenvalue weighted by Crippen LogP contribution is 2.14. The maximum Gasteiger partial charge on any atom is 0.408 e. The van der Waals surface area contributed by atoms with Gasteiger partial charge in [-0.3, -0.25) is 4.79 Å². The van der Waals surface area contributed by atoms with E-state index in [9.17, 15) is 23.2 Å². The van der Waals surface area contributed by atoms with Crippen LogP contribution in [0.4, 0.5) is 13.6 Å². The summed E-state index contributed by atoms with van der Waals surface area (Å²) in [6.45, 7) is 4.83. The van der Waals surface area contributed by atoms with Crippen LogP contribution in [-0.2, 0) is 9.53 Å². The monoisotopic (exact) mass is 343 g/mol. The first-order chi connectivity index (χ1) is 11.0. The van der Waals surface area contributed by atoms with Crippen molar-refractivity contribution in [3.05, 3.63) is 35.4 Å². The number of rotatable bonds is 6. The van der Waals surface area contributed by atoms with E-state index < -0.39 is 46.7 Å². The molecule has 0 radical (unpaired) electrons. The molecule has 1 atom stereocenters. The Labute approximate surface area is 137 Å². The lowest BCUT2D eigenvalue weighted by Gasteiger charge is -2.21. The van der Waals surface area contributed by atoms with E-state index in [0.29, 0.717) is 0 Å². The third kappa shape index (κ3) is 6.31. The SMILES string of the molecule is CC(C)(C)OC(=O)N[C@H](CCC(=O)c1cc(F)ccc1F)C(=O)O. The zero-order chi connectivity index (χ0) is 18.5. The number of hydrogen-bond donors (Lipinski definition) is 2. The van der Waals surface area contributed by atoms with Crippen molar-refractivity contribution < 1.29 is 33.0 Å². The summed E-state index contributed by atoms with van der Waals surface area (Å²) >= 11 is 0. The number of alkyl carbamates (subject to hydrolysis) is 1. The van der Waals surface area contributed by atoms with Crippen LogP contribution in [0, 0.1) is 11.6 Å². The molecular formula is C16H19F2NO5. The number of benzene rings is 1. The van der Waals surface area contributed by atoms with Crippen molar-refractivity contribution in [2.45, 2.75) is 45.3 Å². The van der Waals surface area contributed by atoms with E-state index >= 15 is 0 Å². The Bertz CT molecular complexity index is 640. The van der Waals surface area contributed by atoms with E-state index in [2.05, 4.69) is 5.32 Å². The molecule has 1 aromatic rings. The zero-order valence-corrected chi connectivity index (χ0v) is 13.6. The molecule has 1 aromatic carbocycles. The van der Waals surface area contributed by atoms with Gasteiger partial charge in [-0.15, -0.1) is 0 Å². The van der Waals surface area contributed by atoms with E-state index in [4.69, 9.17) is 9.84 Å². The van der Waals surface area contributed by atoms with Crippen molar-refractivity contribution in [3.63, 3.8) is 0 Å². The highest BCUT2D eigenvalue weighted by Gasteiger charge is 2.25. The number of carboxylic acid groups (broad SMARTS) is 1. The highest BCUT2D eigenvalue weighted by molar-refractivity contribution is 5.96. The van der Waals surface area contributed by atoms with Crippen molar-refractivity contribution in [3.8, 4) is 0 Å². The van der Waals surface area contributed by atoms with Gasteiger partial charge in [-0.1, -0.05) is 0 Å². The molecular weight excluding hydrogens is 324 g/mol. The van der Waals surface area contributed by atoms with Gasteiger partial charge in [0.2, 0.25) is 0 Å². The molecule has 1 rings (SSSR count). The number of aliphatic carboxylic acids is 1. The predicted octanol–water partition coefficient (Wildman–Crippen LogP) is 2.91. The van der Waals surface area contributed by atoms with Crippen LogP contribution in [0.25, 0.3) is 0 Å². The molecule has 0 aromatic heterocycles. The molecule has 0 spiro atoms. The number of hydrogen-bond acceptors (Lipinski definition) is 4. The van der Waals surface area contributed by atoms with E-state index in [0.717, 1.165) is 18.2 Å². The molecule has 0 aliphatic carbocycles. The number of ether oxygens (including phenoxy) is 1. The van der Waals surface area contributed by atoms with Gasteiger partial charge >= 0.3 is 12.1 Å². The summed E-state index contributed by atoms with van der Waals surface area (Å²) in [4.78, 5) is 34.7. The molecule has 8 heteroatoms. The lowest BCUT2D eigenvalue weighted by Crippen LogP contribution is -2.43. The van der Waals surface area contributed by atoms with Crippen LogP contribution in [0.3, 0.4) is 0 Å². The number of amides is 1. The first kappa shape index (κ1) is 19.5. The number of Topliss-reactive ketones (excluding diaryl/α,β-unsaturated/α-hetero) is 1. The minimum atomic E-state index is -1.39. The number of nitrogens with one attached hydrogen (secondary N) is 1. The van der Waals surface area contributed by atoms with Crippen LogP contribution in [0.5, 0.6) is 0 Å². The van der Waals surface area contributed by atoms with Gasteiger partial charge in [-0.25, -0.2) is 18.4 Å². The molecule has 24 heavy (non-hydrogen) atoms. The van der Waals surface area contributed by atoms with E-state index in [1.165, 1.54) is 0 Å². The minimum Gasteiger partial charge on any atom is -0.480 e. The average molecular weight is 343 g/mol. The standard InChI is InChI=1S/C16H19F2NO5/c1-16(2,3)24-15(23)19-12(14(21)22)6-7-13(20)10-8-9(17)4-5-11(10)18/h4-5,8,12H,6-7H2,1-3H3,(H,19,23)(H,21,22)/t12-/m1/s1. The fourth-order valence-corrected chi connectivity index (χ4v) is 1.83. The summed E-state index contributed by atoms with van der Waals surface area (Å²) in [5.74, 6) is -3.80. The quantitative estimate of drug-likeness (QED) is 0.775. The zero-order valence-electron chi connectivity index (χ0n) is 13.6. The fraction of sp³-hybridized carbons (Fsp3) is 0.438. The maximum absolute atomic E-state index is 13.5. The van der Waals surface area contributed by atoms with Crippen molar-refractivity contribution in [1.82, 2.24) is 5.32 Å². The van der Waals surface area contributed by atoms with Gasteiger partial charge in [0.05, 0.1) is 5.56 Å². The summed E-state index contributed by atoms with van der Waals surface area (Å²) in [6.07, 6.45) is -1.62. The summed E-state index contributed by atoms with van der Waals surface area (Å²) in [5, 5.41) is 11.2. The Hall–Kier alpha value is -2.51. The largest absolute Gasteiger partial charge is 0.480 e. The molecule has 2 N–H and O–H groups in total. The second-order valence-corrected chi connectivity index (χ2v) is 6.12. The Morgan fingerprint density at radius 1 is 1.25 bits per heavy atom. The topological polar surface area (TPSA) is 92.7 Å². The van der Waals surface area contributed by atoms with Gasteiger partial charge in [0, 0.05) is 6.42 Å². The average Bonchev–Trinajstić information content (AvgIpc) is 2.43. The van der Waals surface area contributed by atoms with Crippen molar-refractivity contribution in [2.75, 3.05) is 0 Å². The van der Waals surface area contributed by atoms with Crippen LogP contribution in [0.1, 0.15) is 44.0 Å². The lowest BCUT2D eigenvalue weighted by molar-refractivity contribution is -0.139. The van der Waals surface area contributed by atoms with Gasteiger partial charge < -0.3 is 15.2 Å². The molecule has 132 valence electrons. The predicted molar refractivity (Wildman–Crippen MR) is 80.7 cm³/mol. The molecule has 0 saturated heterocycles. The van der Waals surface area contributed by atoms with Crippen LogP contribution in [-0.4, -0.2) is 34.6 Å². The summed E-state index contributed by atoms with van der Waals surface area (Å²) in [7, 11) is 0. The molecule has 0 aliphatic heterocycles. The second kappa shape index (κ2) is 7.85. The van der Waals surface area contributed by atoms with Gasteiger partial charge in [0.1, 0.15) is 23.3 Å². The van der Waals surface area contributed by atoms with Crippen LogP contribution in [0.2, 0.25) is 0 Å². The first-order valence-corrected chi connectivity index (χ1v) is 7.20. The van der Waals surface area contributed by atoms with Crippen LogP contribution < -0.4 is 5.32 Å². The number of ketones is 1. The third-order valence-electron chi connectivity index (χ3n) is 2.88. The molecule has 0 aliphatic rings. The molecule has 1 amide bonds. The number of carbonyl (C=O) groups excluding carboxylic acids is 2. The van der Waals surface area contributed by atoms with Gasteiger partial charge in [0.25, 0.3) is 0 Å². The molecule has 0 fully saturated rings. The Morgan fingerprint density at radius 2 is 1.88 bits per heavy atom. The number of carbonyl (C=O) groups is 3. The minimum absolute atomic E-state index is 0.288. The first-order valence-electron chi connectivity index (χ1n) is 7.20. The number of halogens is 2. The highest BCUT2D eigenvalue weighted by atomic mass is 19.1. The smallest absolute Gasteiger partial charge is 0.408 e. The van der Waals surface area contributed by atoms with Gasteiger partial charge in [-0.2, -0.15) is 0 Å². The second-order valence-electron chi connectivity index (χ2n) is 6.12. The van der Waals surface area contributed by atoms with Crippen molar-refractivity contribution >= 4 is 17.8 Å².